The van der Waals surface area contributed by atoms with Crippen molar-refractivity contribution in [3.8, 4) is 5.69 Å². The van der Waals surface area contributed by atoms with Crippen LogP contribution in [-0.2, 0) is 0 Å². The zero-order chi connectivity index (χ0) is 24.9. The van der Waals surface area contributed by atoms with Crippen LogP contribution in [0.5, 0.6) is 0 Å². The van der Waals surface area contributed by atoms with Crippen LogP contribution in [0.1, 0.15) is 21.6 Å². The summed E-state index contributed by atoms with van der Waals surface area (Å²) in [6.45, 7) is 3.98. The predicted molar refractivity (Wildman–Crippen MR) is 145 cm³/mol. The van der Waals surface area contributed by atoms with E-state index in [2.05, 4.69) is 45.0 Å². The number of nitrogens with zero attached hydrogens (tertiary/aromatic N) is 3. The molecule has 0 aliphatic rings. The topological polar surface area (TPSA) is 83.9 Å². The molecule has 0 atom stereocenters. The van der Waals surface area contributed by atoms with Crippen LogP contribution in [0.15, 0.2) is 103 Å². The van der Waals surface area contributed by atoms with Gasteiger partial charge in [-0.05, 0) is 86.6 Å². The van der Waals surface area contributed by atoms with Crippen molar-refractivity contribution < 1.29 is 4.79 Å². The van der Waals surface area contributed by atoms with Crippen molar-refractivity contribution in [3.05, 3.63) is 120 Å². The largest absolute Gasteiger partial charge is 0.340 e. The van der Waals surface area contributed by atoms with Crippen molar-refractivity contribution in [3.63, 3.8) is 0 Å². The predicted octanol–water partition coefficient (Wildman–Crippen LogP) is 6.62. The van der Waals surface area contributed by atoms with Crippen LogP contribution >= 0.6 is 0 Å². The molecular formula is C29H26N6O. The Balaban J connectivity index is 1.22. The molecular weight excluding hydrogens is 448 g/mol. The number of benzene rings is 3. The van der Waals surface area contributed by atoms with Crippen LogP contribution in [0.25, 0.3) is 5.69 Å². The Bertz CT molecular complexity index is 1460. The molecule has 7 heteroatoms. The number of hydrogen-bond acceptors (Lipinski definition) is 5. The SMILES string of the molecule is Cc1ccc(Nc2cc(C)nc(Nc3ccc(NC(=O)c4ccc(-n5cccc5)cc4)cc3)n2)cc1. The van der Waals surface area contributed by atoms with Crippen LogP contribution in [0.4, 0.5) is 28.8 Å². The summed E-state index contributed by atoms with van der Waals surface area (Å²) >= 11 is 0. The summed E-state index contributed by atoms with van der Waals surface area (Å²) in [5, 5.41) is 9.49. The van der Waals surface area contributed by atoms with E-state index >= 15 is 0 Å². The lowest BCUT2D eigenvalue weighted by atomic mass is 10.2. The quantitative estimate of drug-likeness (QED) is 0.247. The molecule has 5 rings (SSSR count). The highest BCUT2D eigenvalue weighted by Crippen LogP contribution is 2.21. The molecule has 2 aromatic heterocycles. The minimum Gasteiger partial charge on any atom is -0.340 e. The van der Waals surface area contributed by atoms with Gasteiger partial charge in [0, 0.05) is 52.5 Å². The summed E-state index contributed by atoms with van der Waals surface area (Å²) in [6, 6.07) is 28.9. The first-order valence-corrected chi connectivity index (χ1v) is 11.6. The molecule has 0 saturated carbocycles. The van der Waals surface area contributed by atoms with E-state index in [4.69, 9.17) is 0 Å². The van der Waals surface area contributed by atoms with Gasteiger partial charge in [0.15, 0.2) is 0 Å². The minimum absolute atomic E-state index is 0.163. The monoisotopic (exact) mass is 474 g/mol. The van der Waals surface area contributed by atoms with E-state index in [9.17, 15) is 4.79 Å². The molecule has 1 amide bonds. The van der Waals surface area contributed by atoms with Crippen LogP contribution in [0.3, 0.4) is 0 Å². The molecule has 0 spiro atoms. The Labute approximate surface area is 209 Å². The molecule has 178 valence electrons. The first-order valence-electron chi connectivity index (χ1n) is 11.6. The van der Waals surface area contributed by atoms with Crippen molar-refractivity contribution in [2.75, 3.05) is 16.0 Å². The third-order valence-corrected chi connectivity index (χ3v) is 5.61. The van der Waals surface area contributed by atoms with Crippen molar-refractivity contribution in [2.45, 2.75) is 13.8 Å². The van der Waals surface area contributed by atoms with Gasteiger partial charge >= 0.3 is 0 Å². The first kappa shape index (κ1) is 22.9. The lowest BCUT2D eigenvalue weighted by molar-refractivity contribution is 0.102. The molecule has 0 unspecified atom stereocenters. The molecule has 2 heterocycles. The number of aryl methyl sites for hydroxylation is 2. The second kappa shape index (κ2) is 10.1. The summed E-state index contributed by atoms with van der Waals surface area (Å²) in [6.07, 6.45) is 3.93. The van der Waals surface area contributed by atoms with Gasteiger partial charge in [-0.15, -0.1) is 0 Å². The molecule has 0 aliphatic heterocycles. The lowest BCUT2D eigenvalue weighted by Gasteiger charge is -2.11. The van der Waals surface area contributed by atoms with Crippen LogP contribution in [0, 0.1) is 13.8 Å². The fourth-order valence-electron chi connectivity index (χ4n) is 3.73. The number of rotatable bonds is 7. The molecule has 36 heavy (non-hydrogen) atoms. The van der Waals surface area contributed by atoms with E-state index in [0.717, 1.165) is 22.8 Å². The number of carbonyl (C=O) groups excluding carboxylic acids is 1. The normalized spacial score (nSPS) is 10.6. The van der Waals surface area contributed by atoms with E-state index in [1.165, 1.54) is 5.56 Å². The zero-order valence-electron chi connectivity index (χ0n) is 20.1. The molecule has 3 aromatic carbocycles. The number of amides is 1. The number of hydrogen-bond donors (Lipinski definition) is 3. The number of nitrogens with one attached hydrogen (secondary N) is 3. The Morgan fingerprint density at radius 1 is 0.722 bits per heavy atom. The van der Waals surface area contributed by atoms with Crippen molar-refractivity contribution in [2.24, 2.45) is 0 Å². The van der Waals surface area contributed by atoms with E-state index in [0.29, 0.717) is 23.0 Å². The fourth-order valence-corrected chi connectivity index (χ4v) is 3.73. The summed E-state index contributed by atoms with van der Waals surface area (Å²) in [4.78, 5) is 21.7. The Morgan fingerprint density at radius 3 is 2.03 bits per heavy atom. The Hall–Kier alpha value is -4.91. The van der Waals surface area contributed by atoms with Crippen LogP contribution < -0.4 is 16.0 Å². The van der Waals surface area contributed by atoms with Gasteiger partial charge in [-0.3, -0.25) is 4.79 Å². The van der Waals surface area contributed by atoms with E-state index < -0.39 is 0 Å². The average molecular weight is 475 g/mol. The first-order chi connectivity index (χ1) is 17.5. The summed E-state index contributed by atoms with van der Waals surface area (Å²) < 4.78 is 1.99. The van der Waals surface area contributed by atoms with Crippen molar-refractivity contribution >= 4 is 34.7 Å². The summed E-state index contributed by atoms with van der Waals surface area (Å²) in [5.74, 6) is 1.04. The lowest BCUT2D eigenvalue weighted by Crippen LogP contribution is -2.11. The molecule has 5 aromatic rings. The third-order valence-electron chi connectivity index (χ3n) is 5.61. The molecule has 7 nitrogen and oxygen atoms in total. The van der Waals surface area contributed by atoms with E-state index in [-0.39, 0.29) is 5.91 Å². The maximum Gasteiger partial charge on any atom is 0.255 e. The Morgan fingerprint density at radius 2 is 1.33 bits per heavy atom. The maximum absolute atomic E-state index is 12.7. The standard InChI is InChI=1S/C29H26N6O/c1-20-5-9-23(10-6-20)31-27-19-21(2)30-29(34-27)33-25-13-11-24(12-14-25)32-28(36)22-7-15-26(16-8-22)35-17-3-4-18-35/h3-19H,1-2H3,(H,32,36)(H2,30,31,33,34). The number of anilines is 5. The van der Waals surface area contributed by atoms with Gasteiger partial charge in [0.2, 0.25) is 5.95 Å². The molecule has 0 fully saturated rings. The van der Waals surface area contributed by atoms with Gasteiger partial charge in [0.05, 0.1) is 0 Å². The molecule has 0 bridgehead atoms. The highest BCUT2D eigenvalue weighted by atomic mass is 16.1. The summed E-state index contributed by atoms with van der Waals surface area (Å²) in [5.41, 5.74) is 6.12. The van der Waals surface area contributed by atoms with Gasteiger partial charge in [-0.25, -0.2) is 4.98 Å². The van der Waals surface area contributed by atoms with Crippen LogP contribution in [0.2, 0.25) is 0 Å². The smallest absolute Gasteiger partial charge is 0.255 e. The number of aromatic nitrogens is 3. The molecule has 3 N–H and O–H groups in total. The van der Waals surface area contributed by atoms with Gasteiger partial charge in [0.25, 0.3) is 5.91 Å². The van der Waals surface area contributed by atoms with Gasteiger partial charge in [0.1, 0.15) is 5.82 Å². The average Bonchev–Trinajstić information content (AvgIpc) is 3.42. The van der Waals surface area contributed by atoms with Crippen LogP contribution in [-0.4, -0.2) is 20.4 Å². The number of carbonyl (C=O) groups is 1. The van der Waals surface area contributed by atoms with Gasteiger partial charge in [-0.2, -0.15) is 4.98 Å². The third kappa shape index (κ3) is 5.59. The van der Waals surface area contributed by atoms with Gasteiger partial charge < -0.3 is 20.5 Å². The molecule has 0 saturated heterocycles. The maximum atomic E-state index is 12.7. The Kier molecular flexibility index (Phi) is 6.44. The van der Waals surface area contributed by atoms with Crippen molar-refractivity contribution in [1.29, 1.82) is 0 Å². The second-order valence-corrected chi connectivity index (χ2v) is 8.50. The minimum atomic E-state index is -0.163. The highest BCUT2D eigenvalue weighted by Gasteiger charge is 2.08. The van der Waals surface area contributed by atoms with Gasteiger partial charge in [-0.1, -0.05) is 17.7 Å². The highest BCUT2D eigenvalue weighted by molar-refractivity contribution is 6.04. The zero-order valence-corrected chi connectivity index (χ0v) is 20.1. The molecule has 0 aliphatic carbocycles. The summed E-state index contributed by atoms with van der Waals surface area (Å²) in [7, 11) is 0. The fraction of sp³-hybridized carbons (Fsp3) is 0.0690. The van der Waals surface area contributed by atoms with Crippen molar-refractivity contribution in [1.82, 2.24) is 14.5 Å². The second-order valence-electron chi connectivity index (χ2n) is 8.50. The van der Waals surface area contributed by atoms with E-state index in [1.54, 1.807) is 0 Å². The van der Waals surface area contributed by atoms with E-state index in [1.807, 2.05) is 103 Å². The molecule has 0 radical (unpaired) electrons.